The Morgan fingerprint density at radius 2 is 1.29 bits per heavy atom. The third-order valence-electron chi connectivity index (χ3n) is 3.22. The molecule has 0 bridgehead atoms. The Labute approximate surface area is 126 Å². The fourth-order valence-electron chi connectivity index (χ4n) is 2.23. The van der Waals surface area contributed by atoms with Gasteiger partial charge in [0.05, 0.1) is 7.11 Å². The molecule has 2 aromatic carbocycles. The number of ether oxygens (including phenoxy) is 1. The molecule has 0 unspecified atom stereocenters. The van der Waals surface area contributed by atoms with E-state index in [0.29, 0.717) is 5.88 Å². The van der Waals surface area contributed by atoms with E-state index >= 15 is 0 Å². The maximum absolute atomic E-state index is 5.16. The van der Waals surface area contributed by atoms with Crippen molar-refractivity contribution in [3.8, 4) is 5.88 Å². The summed E-state index contributed by atoms with van der Waals surface area (Å²) in [6.07, 6.45) is 1.92. The summed E-state index contributed by atoms with van der Waals surface area (Å²) in [6, 6.07) is 25.2. The number of methoxy groups -OCH3 is 1. The summed E-state index contributed by atoms with van der Waals surface area (Å²) >= 11 is 0. The number of rotatable bonds is 4. The van der Waals surface area contributed by atoms with Crippen LogP contribution in [0.25, 0.3) is 0 Å². The Hall–Kier alpha value is -2.18. The molecule has 2 nitrogen and oxygen atoms in total. The smallest absolute Gasteiger partial charge is 0.212 e. The molecule has 21 heavy (non-hydrogen) atoms. The van der Waals surface area contributed by atoms with Crippen LogP contribution in [-0.4, -0.2) is 12.1 Å². The number of hydrogen-bond acceptors (Lipinski definition) is 2. The molecule has 104 valence electrons. The second-order valence-corrected chi connectivity index (χ2v) is 6.79. The Morgan fingerprint density at radius 1 is 0.714 bits per heavy atom. The van der Waals surface area contributed by atoms with Crippen LogP contribution >= 0.6 is 7.92 Å². The highest BCUT2D eigenvalue weighted by Crippen LogP contribution is 2.32. The van der Waals surface area contributed by atoms with Crippen molar-refractivity contribution in [2.24, 2.45) is 0 Å². The molecule has 3 rings (SSSR count). The summed E-state index contributed by atoms with van der Waals surface area (Å²) in [5, 5.41) is 3.87. The first kappa shape index (κ1) is 13.8. The largest absolute Gasteiger partial charge is 0.481 e. The van der Waals surface area contributed by atoms with Crippen molar-refractivity contribution < 1.29 is 4.74 Å². The van der Waals surface area contributed by atoms with Crippen LogP contribution in [0.2, 0.25) is 0 Å². The van der Waals surface area contributed by atoms with E-state index in [2.05, 4.69) is 59.6 Å². The second-order valence-electron chi connectivity index (χ2n) is 4.57. The molecule has 0 N–H and O–H groups in total. The summed E-state index contributed by atoms with van der Waals surface area (Å²) < 4.78 is 5.16. The van der Waals surface area contributed by atoms with Gasteiger partial charge in [-0.25, -0.2) is 4.98 Å². The molecular weight excluding hydrogens is 277 g/mol. The van der Waals surface area contributed by atoms with Crippen LogP contribution in [0, 0.1) is 0 Å². The molecule has 1 heterocycles. The van der Waals surface area contributed by atoms with E-state index < -0.39 is 7.92 Å². The number of hydrogen-bond donors (Lipinski definition) is 0. The van der Waals surface area contributed by atoms with Gasteiger partial charge in [-0.15, -0.1) is 0 Å². The van der Waals surface area contributed by atoms with Gasteiger partial charge in [0.1, 0.15) is 0 Å². The highest BCUT2D eigenvalue weighted by atomic mass is 31.1. The molecule has 0 aliphatic carbocycles. The van der Waals surface area contributed by atoms with Crippen LogP contribution in [0.3, 0.4) is 0 Å². The van der Waals surface area contributed by atoms with E-state index in [9.17, 15) is 0 Å². The molecule has 0 fully saturated rings. The monoisotopic (exact) mass is 293 g/mol. The molecule has 3 aromatic rings. The van der Waals surface area contributed by atoms with Crippen LogP contribution in [0.1, 0.15) is 0 Å². The lowest BCUT2D eigenvalue weighted by Gasteiger charge is -2.18. The second kappa shape index (κ2) is 6.51. The van der Waals surface area contributed by atoms with E-state index in [0.717, 1.165) is 0 Å². The summed E-state index contributed by atoms with van der Waals surface area (Å²) in [7, 11) is 1.06. The number of nitrogens with zero attached hydrogens (tertiary/aromatic N) is 1. The van der Waals surface area contributed by atoms with Gasteiger partial charge in [-0.05, 0) is 24.6 Å². The van der Waals surface area contributed by atoms with Gasteiger partial charge in [-0.1, -0.05) is 60.7 Å². The minimum Gasteiger partial charge on any atom is -0.481 e. The third kappa shape index (κ3) is 3.12. The summed E-state index contributed by atoms with van der Waals surface area (Å²) in [6.45, 7) is 0. The van der Waals surface area contributed by atoms with Crippen molar-refractivity contribution in [2.45, 2.75) is 0 Å². The normalized spacial score (nSPS) is 10.6. The molecule has 0 aliphatic rings. The van der Waals surface area contributed by atoms with Crippen LogP contribution in [-0.2, 0) is 0 Å². The van der Waals surface area contributed by atoms with Gasteiger partial charge in [0, 0.05) is 17.6 Å². The van der Waals surface area contributed by atoms with Gasteiger partial charge in [-0.2, -0.15) is 0 Å². The number of pyridine rings is 1. The van der Waals surface area contributed by atoms with Gasteiger partial charge in [0.2, 0.25) is 5.88 Å². The van der Waals surface area contributed by atoms with E-state index in [1.165, 1.54) is 15.9 Å². The SMILES string of the molecule is COc1ccc(P(c2ccccc2)c2ccccc2)cn1. The maximum atomic E-state index is 5.16. The molecule has 0 saturated heterocycles. The summed E-state index contributed by atoms with van der Waals surface area (Å²) in [5.74, 6) is 0.648. The molecule has 0 aliphatic heterocycles. The minimum atomic E-state index is -0.581. The van der Waals surface area contributed by atoms with Gasteiger partial charge in [0.25, 0.3) is 0 Å². The lowest BCUT2D eigenvalue weighted by molar-refractivity contribution is 0.398. The molecule has 0 amide bonds. The standard InChI is InChI=1S/C18H16NOP/c1-20-18-13-12-17(14-19-18)21(15-8-4-2-5-9-15)16-10-6-3-7-11-16/h2-14H,1H3. The third-order valence-corrected chi connectivity index (χ3v) is 5.63. The fraction of sp³-hybridized carbons (Fsp3) is 0.0556. The summed E-state index contributed by atoms with van der Waals surface area (Å²) in [4.78, 5) is 4.36. The Morgan fingerprint density at radius 3 is 1.71 bits per heavy atom. The van der Waals surface area contributed by atoms with Crippen LogP contribution in [0.5, 0.6) is 5.88 Å². The average molecular weight is 293 g/mol. The van der Waals surface area contributed by atoms with Crippen LogP contribution in [0.4, 0.5) is 0 Å². The number of benzene rings is 2. The van der Waals surface area contributed by atoms with Crippen molar-refractivity contribution in [1.82, 2.24) is 4.98 Å². The molecule has 0 atom stereocenters. The molecule has 0 spiro atoms. The van der Waals surface area contributed by atoms with Crippen molar-refractivity contribution in [2.75, 3.05) is 7.11 Å². The molecular formula is C18H16NOP. The van der Waals surface area contributed by atoms with Gasteiger partial charge >= 0.3 is 0 Å². The van der Waals surface area contributed by atoms with Crippen molar-refractivity contribution in [1.29, 1.82) is 0 Å². The lowest BCUT2D eigenvalue weighted by Crippen LogP contribution is -2.20. The highest BCUT2D eigenvalue weighted by molar-refractivity contribution is 7.79. The first-order chi connectivity index (χ1) is 10.4. The first-order valence-corrected chi connectivity index (χ1v) is 8.13. The predicted molar refractivity (Wildman–Crippen MR) is 89.5 cm³/mol. The Bertz CT molecular complexity index is 644. The van der Waals surface area contributed by atoms with Crippen molar-refractivity contribution in [3.63, 3.8) is 0 Å². The quantitative estimate of drug-likeness (QED) is 0.690. The van der Waals surface area contributed by atoms with Crippen LogP contribution < -0.4 is 20.7 Å². The zero-order valence-electron chi connectivity index (χ0n) is 11.8. The number of aromatic nitrogens is 1. The molecule has 0 radical (unpaired) electrons. The molecule has 3 heteroatoms. The van der Waals surface area contributed by atoms with Crippen molar-refractivity contribution >= 4 is 23.8 Å². The maximum Gasteiger partial charge on any atom is 0.212 e. The first-order valence-electron chi connectivity index (χ1n) is 6.79. The minimum absolute atomic E-state index is 0.581. The van der Waals surface area contributed by atoms with E-state index in [1.807, 2.05) is 24.4 Å². The zero-order chi connectivity index (χ0) is 14.5. The van der Waals surface area contributed by atoms with E-state index in [4.69, 9.17) is 4.74 Å². The van der Waals surface area contributed by atoms with Gasteiger partial charge in [0.15, 0.2) is 0 Å². The van der Waals surface area contributed by atoms with Crippen molar-refractivity contribution in [3.05, 3.63) is 79.0 Å². The predicted octanol–water partition coefficient (Wildman–Crippen LogP) is 2.85. The Balaban J connectivity index is 2.07. The van der Waals surface area contributed by atoms with Gasteiger partial charge < -0.3 is 4.74 Å². The zero-order valence-corrected chi connectivity index (χ0v) is 12.7. The topological polar surface area (TPSA) is 22.1 Å². The molecule has 1 aromatic heterocycles. The van der Waals surface area contributed by atoms with E-state index in [-0.39, 0.29) is 0 Å². The fourth-order valence-corrected chi connectivity index (χ4v) is 4.46. The lowest BCUT2D eigenvalue weighted by atomic mass is 10.4. The van der Waals surface area contributed by atoms with Gasteiger partial charge in [-0.3, -0.25) is 0 Å². The Kier molecular flexibility index (Phi) is 4.28. The van der Waals surface area contributed by atoms with E-state index in [1.54, 1.807) is 7.11 Å². The van der Waals surface area contributed by atoms with Crippen LogP contribution in [0.15, 0.2) is 79.0 Å². The highest BCUT2D eigenvalue weighted by Gasteiger charge is 2.16. The average Bonchev–Trinajstić information content (AvgIpc) is 2.58. The molecule has 0 saturated carbocycles. The summed E-state index contributed by atoms with van der Waals surface area (Å²) in [5.41, 5.74) is 0.